The van der Waals surface area contributed by atoms with Gasteiger partial charge in [0.15, 0.2) is 0 Å². The first kappa shape index (κ1) is 7.91. The van der Waals surface area contributed by atoms with Gasteiger partial charge in [-0.3, -0.25) is 4.79 Å². The minimum Gasteiger partial charge on any atom is -0.398 e. The summed E-state index contributed by atoms with van der Waals surface area (Å²) >= 11 is 0. The van der Waals surface area contributed by atoms with Gasteiger partial charge in [-0.1, -0.05) is 0 Å². The molecular formula is C9H11N3O. The summed E-state index contributed by atoms with van der Waals surface area (Å²) in [6, 6.07) is 3.71. The lowest BCUT2D eigenvalue weighted by Gasteiger charge is -2.19. The zero-order valence-corrected chi connectivity index (χ0v) is 7.35. The maximum atomic E-state index is 11.0. The lowest BCUT2D eigenvalue weighted by molar-refractivity contribution is -0.114. The van der Waals surface area contributed by atoms with E-state index < -0.39 is 0 Å². The molecule has 4 N–H and O–H groups in total. The molecule has 0 spiro atoms. The van der Waals surface area contributed by atoms with Crippen molar-refractivity contribution in [1.29, 1.82) is 0 Å². The van der Waals surface area contributed by atoms with Crippen molar-refractivity contribution >= 4 is 23.0 Å². The van der Waals surface area contributed by atoms with Gasteiger partial charge in [0.1, 0.15) is 0 Å². The molecule has 1 aliphatic heterocycles. The van der Waals surface area contributed by atoms with E-state index in [0.29, 0.717) is 6.54 Å². The van der Waals surface area contributed by atoms with Crippen LogP contribution in [0.5, 0.6) is 0 Å². The fraction of sp³-hybridized carbons (Fsp3) is 0.222. The molecule has 0 aromatic heterocycles. The Kier molecular flexibility index (Phi) is 1.62. The minimum atomic E-state index is -0.0170. The average molecular weight is 177 g/mol. The van der Waals surface area contributed by atoms with E-state index in [1.807, 2.05) is 19.1 Å². The van der Waals surface area contributed by atoms with E-state index in [1.165, 1.54) is 0 Å². The topological polar surface area (TPSA) is 67.1 Å². The summed E-state index contributed by atoms with van der Waals surface area (Å²) in [4.78, 5) is 11.0. The molecule has 0 fully saturated rings. The zero-order chi connectivity index (χ0) is 9.42. The molecule has 0 unspecified atom stereocenters. The Morgan fingerprint density at radius 3 is 2.92 bits per heavy atom. The number of anilines is 3. The summed E-state index contributed by atoms with van der Waals surface area (Å²) < 4.78 is 0. The van der Waals surface area contributed by atoms with Gasteiger partial charge in [0.2, 0.25) is 5.91 Å². The molecule has 13 heavy (non-hydrogen) atoms. The number of nitrogen functional groups attached to an aromatic ring is 1. The summed E-state index contributed by atoms with van der Waals surface area (Å²) in [6.45, 7) is 2.23. The third kappa shape index (κ3) is 1.30. The summed E-state index contributed by atoms with van der Waals surface area (Å²) in [5.74, 6) is -0.0170. The smallest absolute Gasteiger partial charge is 0.243 e. The van der Waals surface area contributed by atoms with Crippen LogP contribution < -0.4 is 16.4 Å². The Morgan fingerprint density at radius 2 is 2.15 bits per heavy atom. The molecule has 68 valence electrons. The lowest BCUT2D eigenvalue weighted by Crippen LogP contribution is -2.27. The highest BCUT2D eigenvalue weighted by molar-refractivity contribution is 6.01. The number of aryl methyl sites for hydroxylation is 1. The molecule has 1 heterocycles. The number of fused-ring (bicyclic) bond motifs is 1. The first-order valence-electron chi connectivity index (χ1n) is 4.10. The van der Waals surface area contributed by atoms with Crippen molar-refractivity contribution in [2.24, 2.45) is 0 Å². The second-order valence-corrected chi connectivity index (χ2v) is 3.16. The van der Waals surface area contributed by atoms with Crippen molar-refractivity contribution in [2.45, 2.75) is 6.92 Å². The normalized spacial score (nSPS) is 14.4. The molecule has 4 nitrogen and oxygen atoms in total. The van der Waals surface area contributed by atoms with Crippen molar-refractivity contribution in [3.8, 4) is 0 Å². The number of benzene rings is 1. The van der Waals surface area contributed by atoms with Crippen molar-refractivity contribution in [3.05, 3.63) is 17.7 Å². The molecule has 1 aliphatic rings. The zero-order valence-electron chi connectivity index (χ0n) is 7.35. The van der Waals surface area contributed by atoms with Crippen molar-refractivity contribution < 1.29 is 4.79 Å². The van der Waals surface area contributed by atoms with E-state index in [0.717, 1.165) is 22.6 Å². The molecule has 0 radical (unpaired) electrons. The van der Waals surface area contributed by atoms with Crippen LogP contribution in [0.1, 0.15) is 5.56 Å². The van der Waals surface area contributed by atoms with E-state index in [9.17, 15) is 4.79 Å². The number of hydrogen-bond acceptors (Lipinski definition) is 3. The van der Waals surface area contributed by atoms with Gasteiger partial charge in [0, 0.05) is 5.69 Å². The van der Waals surface area contributed by atoms with E-state index in [1.54, 1.807) is 0 Å². The van der Waals surface area contributed by atoms with Gasteiger partial charge in [0.25, 0.3) is 0 Å². The molecule has 0 bridgehead atoms. The van der Waals surface area contributed by atoms with Crippen molar-refractivity contribution in [2.75, 3.05) is 22.9 Å². The van der Waals surface area contributed by atoms with Crippen LogP contribution in [0, 0.1) is 6.92 Å². The molecule has 4 heteroatoms. The number of carbonyl (C=O) groups excluding carboxylic acids is 1. The molecule has 0 aliphatic carbocycles. The molecule has 1 aromatic rings. The van der Waals surface area contributed by atoms with Gasteiger partial charge >= 0.3 is 0 Å². The third-order valence-corrected chi connectivity index (χ3v) is 2.12. The Bertz CT molecular complexity index is 373. The van der Waals surface area contributed by atoms with E-state index in [2.05, 4.69) is 10.6 Å². The van der Waals surface area contributed by atoms with Crippen LogP contribution in [0.15, 0.2) is 12.1 Å². The first-order chi connectivity index (χ1) is 6.16. The number of hydrogen-bond donors (Lipinski definition) is 3. The number of amides is 1. The van der Waals surface area contributed by atoms with Gasteiger partial charge in [-0.25, -0.2) is 0 Å². The molecule has 0 saturated heterocycles. The molecule has 0 atom stereocenters. The third-order valence-electron chi connectivity index (χ3n) is 2.12. The lowest BCUT2D eigenvalue weighted by atomic mass is 10.1. The maximum absolute atomic E-state index is 11.0. The predicted molar refractivity (Wildman–Crippen MR) is 52.7 cm³/mol. The van der Waals surface area contributed by atoms with Crippen molar-refractivity contribution in [3.63, 3.8) is 0 Å². The highest BCUT2D eigenvalue weighted by atomic mass is 16.2. The van der Waals surface area contributed by atoms with Crippen LogP contribution in [-0.4, -0.2) is 12.5 Å². The second kappa shape index (κ2) is 2.65. The summed E-state index contributed by atoms with van der Waals surface area (Å²) in [5.41, 5.74) is 9.14. The number of nitrogens with two attached hydrogens (primary N) is 1. The summed E-state index contributed by atoms with van der Waals surface area (Å²) in [7, 11) is 0. The molecule has 1 aromatic carbocycles. The standard InChI is InChI=1S/C9H11N3O/c1-5-2-8-7(3-6(5)10)11-4-9(13)12-8/h2-3,11H,4,10H2,1H3,(H,12,13). The fourth-order valence-electron chi connectivity index (χ4n) is 1.34. The molecular weight excluding hydrogens is 166 g/mol. The Balaban J connectivity index is 2.49. The summed E-state index contributed by atoms with van der Waals surface area (Å²) in [5, 5.41) is 5.76. The number of rotatable bonds is 0. The highest BCUT2D eigenvalue weighted by Crippen LogP contribution is 2.29. The van der Waals surface area contributed by atoms with E-state index >= 15 is 0 Å². The average Bonchev–Trinajstić information content (AvgIpc) is 2.08. The fourth-order valence-corrected chi connectivity index (χ4v) is 1.34. The summed E-state index contributed by atoms with van der Waals surface area (Å²) in [6.07, 6.45) is 0. The van der Waals surface area contributed by atoms with Crippen LogP contribution in [0.4, 0.5) is 17.1 Å². The number of nitrogens with one attached hydrogen (secondary N) is 2. The number of carbonyl (C=O) groups is 1. The first-order valence-corrected chi connectivity index (χ1v) is 4.10. The molecule has 0 saturated carbocycles. The second-order valence-electron chi connectivity index (χ2n) is 3.16. The van der Waals surface area contributed by atoms with Gasteiger partial charge in [-0.15, -0.1) is 0 Å². The quantitative estimate of drug-likeness (QED) is 0.517. The minimum absolute atomic E-state index is 0.0170. The van der Waals surface area contributed by atoms with Crippen LogP contribution in [0.25, 0.3) is 0 Å². The molecule has 1 amide bonds. The Labute approximate surface area is 76.1 Å². The van der Waals surface area contributed by atoms with Gasteiger partial charge in [-0.05, 0) is 24.6 Å². The van der Waals surface area contributed by atoms with Crippen LogP contribution in [0.3, 0.4) is 0 Å². The van der Waals surface area contributed by atoms with E-state index in [4.69, 9.17) is 5.73 Å². The van der Waals surface area contributed by atoms with E-state index in [-0.39, 0.29) is 5.91 Å². The van der Waals surface area contributed by atoms with Gasteiger partial charge < -0.3 is 16.4 Å². The monoisotopic (exact) mass is 177 g/mol. The Morgan fingerprint density at radius 1 is 1.38 bits per heavy atom. The van der Waals surface area contributed by atoms with Crippen LogP contribution in [-0.2, 0) is 4.79 Å². The Hall–Kier alpha value is -1.71. The largest absolute Gasteiger partial charge is 0.398 e. The maximum Gasteiger partial charge on any atom is 0.243 e. The van der Waals surface area contributed by atoms with Crippen LogP contribution in [0.2, 0.25) is 0 Å². The van der Waals surface area contributed by atoms with Crippen LogP contribution >= 0.6 is 0 Å². The highest BCUT2D eigenvalue weighted by Gasteiger charge is 2.14. The van der Waals surface area contributed by atoms with Crippen molar-refractivity contribution in [1.82, 2.24) is 0 Å². The SMILES string of the molecule is Cc1cc2c(cc1N)NCC(=O)N2. The van der Waals surface area contributed by atoms with Gasteiger partial charge in [0.05, 0.1) is 17.9 Å². The van der Waals surface area contributed by atoms with Gasteiger partial charge in [-0.2, -0.15) is 0 Å². The molecule has 2 rings (SSSR count). The predicted octanol–water partition coefficient (Wildman–Crippen LogP) is 0.941.